The molecule has 2 atom stereocenters. The average molecular weight is 293 g/mol. The van der Waals surface area contributed by atoms with Gasteiger partial charge in [-0.15, -0.1) is 0 Å². The van der Waals surface area contributed by atoms with Gasteiger partial charge in [0.25, 0.3) is 5.91 Å². The van der Waals surface area contributed by atoms with Crippen LogP contribution >= 0.6 is 0 Å². The summed E-state index contributed by atoms with van der Waals surface area (Å²) in [5.74, 6) is 1.40. The Morgan fingerprint density at radius 1 is 1.00 bits per heavy atom. The van der Waals surface area contributed by atoms with Gasteiger partial charge in [0.2, 0.25) is 6.10 Å². The van der Waals surface area contributed by atoms with Gasteiger partial charge >= 0.3 is 0 Å². The number of nitrogens with zero attached hydrogens (tertiary/aromatic N) is 1. The largest absolute Gasteiger partial charge is 0.499 e. The first kappa shape index (κ1) is 13.0. The van der Waals surface area contributed by atoms with Crippen LogP contribution in [0.4, 0.5) is 5.69 Å². The lowest BCUT2D eigenvalue weighted by atomic mass is 9.88. The molecule has 2 aliphatic heterocycles. The number of hydrogen-bond acceptors (Lipinski definition) is 3. The van der Waals surface area contributed by atoms with E-state index in [0.717, 1.165) is 17.0 Å². The van der Waals surface area contributed by atoms with Crippen molar-refractivity contribution in [2.45, 2.75) is 12.1 Å². The summed E-state index contributed by atoms with van der Waals surface area (Å²) >= 11 is 0. The van der Waals surface area contributed by atoms with Crippen LogP contribution in [0.1, 0.15) is 5.56 Å². The van der Waals surface area contributed by atoms with Gasteiger partial charge in [-0.2, -0.15) is 0 Å². The van der Waals surface area contributed by atoms with Gasteiger partial charge in [-0.3, -0.25) is 9.69 Å². The van der Waals surface area contributed by atoms with Crippen molar-refractivity contribution in [3.05, 3.63) is 65.9 Å². The van der Waals surface area contributed by atoms with E-state index in [1.54, 1.807) is 12.0 Å². The Kier molecular flexibility index (Phi) is 2.89. The van der Waals surface area contributed by atoms with Crippen molar-refractivity contribution in [3.63, 3.8) is 0 Å². The average Bonchev–Trinajstić information content (AvgIpc) is 2.58. The highest BCUT2D eigenvalue weighted by Gasteiger charge is 2.54. The number of rotatable bonds is 3. The molecule has 4 heteroatoms. The van der Waals surface area contributed by atoms with E-state index in [2.05, 4.69) is 0 Å². The van der Waals surface area contributed by atoms with E-state index in [1.807, 2.05) is 60.7 Å². The number of methoxy groups -OCH3 is 1. The highest BCUT2D eigenvalue weighted by Crippen LogP contribution is 2.41. The molecule has 0 saturated carbocycles. The summed E-state index contributed by atoms with van der Waals surface area (Å²) in [6, 6.07) is 17.0. The Balaban J connectivity index is 1.69. The molecule has 1 saturated heterocycles. The van der Waals surface area contributed by atoms with Crippen LogP contribution in [-0.4, -0.2) is 25.2 Å². The zero-order valence-electron chi connectivity index (χ0n) is 12.1. The maximum Gasteiger partial charge on any atom is 0.271 e. The van der Waals surface area contributed by atoms with Crippen LogP contribution in [0.2, 0.25) is 0 Å². The van der Waals surface area contributed by atoms with Crippen LogP contribution < -0.4 is 9.64 Å². The number of hydrogen-bond donors (Lipinski definition) is 0. The van der Waals surface area contributed by atoms with Gasteiger partial charge in [-0.1, -0.05) is 36.4 Å². The summed E-state index contributed by atoms with van der Waals surface area (Å²) in [6.45, 7) is 0. The molecule has 110 valence electrons. The first-order chi connectivity index (χ1) is 10.8. The predicted octanol–water partition coefficient (Wildman–Crippen LogP) is 2.85. The van der Waals surface area contributed by atoms with Crippen LogP contribution in [0.15, 0.2) is 60.4 Å². The summed E-state index contributed by atoms with van der Waals surface area (Å²) in [4.78, 5) is 14.3. The Morgan fingerprint density at radius 2 is 1.73 bits per heavy atom. The maximum absolute atomic E-state index is 12.5. The second-order valence-electron chi connectivity index (χ2n) is 5.31. The van der Waals surface area contributed by atoms with E-state index < -0.39 is 6.10 Å². The SMILES string of the molecule is COC1=Cc2ccccc2N2C(=O)[C@H](Oc3ccccc3)[C@@H]12. The second kappa shape index (κ2) is 4.91. The van der Waals surface area contributed by atoms with Crippen LogP contribution in [0.3, 0.4) is 0 Å². The third kappa shape index (κ3) is 1.80. The zero-order valence-corrected chi connectivity index (χ0v) is 12.1. The number of benzene rings is 2. The van der Waals surface area contributed by atoms with Gasteiger partial charge in [0.15, 0.2) is 0 Å². The molecule has 2 aromatic carbocycles. The third-order valence-electron chi connectivity index (χ3n) is 4.07. The second-order valence-corrected chi connectivity index (χ2v) is 5.31. The van der Waals surface area contributed by atoms with E-state index in [0.29, 0.717) is 5.75 Å². The molecule has 0 spiro atoms. The molecule has 0 N–H and O–H groups in total. The topological polar surface area (TPSA) is 38.8 Å². The molecule has 1 fully saturated rings. The molecule has 0 unspecified atom stereocenters. The molecule has 4 nitrogen and oxygen atoms in total. The Labute approximate surface area is 128 Å². The van der Waals surface area contributed by atoms with Crippen LogP contribution in [0.25, 0.3) is 6.08 Å². The highest BCUT2D eigenvalue weighted by atomic mass is 16.5. The number of amides is 1. The zero-order chi connectivity index (χ0) is 15.1. The minimum Gasteiger partial charge on any atom is -0.499 e. The fourth-order valence-electron chi connectivity index (χ4n) is 3.02. The summed E-state index contributed by atoms with van der Waals surface area (Å²) in [5.41, 5.74) is 1.90. The van der Waals surface area contributed by atoms with E-state index >= 15 is 0 Å². The van der Waals surface area contributed by atoms with Crippen molar-refractivity contribution >= 4 is 17.7 Å². The van der Waals surface area contributed by atoms with Crippen molar-refractivity contribution in [1.29, 1.82) is 0 Å². The summed E-state index contributed by atoms with van der Waals surface area (Å²) in [5, 5.41) is 0. The van der Waals surface area contributed by atoms with Gasteiger partial charge in [0, 0.05) is 5.56 Å². The number of carbonyl (C=O) groups is 1. The summed E-state index contributed by atoms with van der Waals surface area (Å²) in [7, 11) is 1.63. The van der Waals surface area contributed by atoms with Gasteiger partial charge in [0.1, 0.15) is 17.6 Å². The predicted molar refractivity (Wildman–Crippen MR) is 83.6 cm³/mol. The van der Waals surface area contributed by atoms with Crippen molar-refractivity contribution in [1.82, 2.24) is 0 Å². The molecule has 0 aliphatic carbocycles. The minimum absolute atomic E-state index is 0.0380. The number of fused-ring (bicyclic) bond motifs is 3. The number of anilines is 1. The fraction of sp³-hybridized carbons (Fsp3) is 0.167. The monoisotopic (exact) mass is 293 g/mol. The molecule has 2 aliphatic rings. The molecule has 22 heavy (non-hydrogen) atoms. The third-order valence-corrected chi connectivity index (χ3v) is 4.07. The summed E-state index contributed by atoms with van der Waals surface area (Å²) < 4.78 is 11.4. The minimum atomic E-state index is -0.540. The molecular formula is C18H15NO3. The first-order valence-corrected chi connectivity index (χ1v) is 7.19. The maximum atomic E-state index is 12.5. The fourth-order valence-corrected chi connectivity index (χ4v) is 3.02. The normalized spacial score (nSPS) is 22.1. The molecule has 0 radical (unpaired) electrons. The van der Waals surface area contributed by atoms with Crippen molar-refractivity contribution in [2.75, 3.05) is 12.0 Å². The van der Waals surface area contributed by atoms with Crippen LogP contribution in [0, 0.1) is 0 Å². The van der Waals surface area contributed by atoms with E-state index in [9.17, 15) is 4.79 Å². The highest BCUT2D eigenvalue weighted by molar-refractivity contribution is 6.09. The number of carbonyl (C=O) groups excluding carboxylic acids is 1. The van der Waals surface area contributed by atoms with Crippen molar-refractivity contribution < 1.29 is 14.3 Å². The molecular weight excluding hydrogens is 278 g/mol. The molecule has 2 heterocycles. The molecule has 1 amide bonds. The Bertz CT molecular complexity index is 754. The van der Waals surface area contributed by atoms with E-state index in [-0.39, 0.29) is 11.9 Å². The van der Waals surface area contributed by atoms with E-state index in [4.69, 9.17) is 9.47 Å². The Hall–Kier alpha value is -2.75. The smallest absolute Gasteiger partial charge is 0.271 e. The Morgan fingerprint density at radius 3 is 2.50 bits per heavy atom. The van der Waals surface area contributed by atoms with Crippen molar-refractivity contribution in [2.24, 2.45) is 0 Å². The lowest BCUT2D eigenvalue weighted by Gasteiger charge is -2.48. The van der Waals surface area contributed by atoms with Crippen molar-refractivity contribution in [3.8, 4) is 5.75 Å². The molecule has 0 aromatic heterocycles. The van der Waals surface area contributed by atoms with Gasteiger partial charge in [0.05, 0.1) is 12.8 Å². The number of para-hydroxylation sites is 2. The van der Waals surface area contributed by atoms with Gasteiger partial charge in [-0.05, 0) is 24.3 Å². The number of β-lactam (4-membered cyclic amide) rings is 1. The molecule has 2 aromatic rings. The molecule has 0 bridgehead atoms. The van der Waals surface area contributed by atoms with Gasteiger partial charge in [-0.25, -0.2) is 0 Å². The lowest BCUT2D eigenvalue weighted by Crippen LogP contribution is -2.69. The lowest BCUT2D eigenvalue weighted by molar-refractivity contribution is -0.134. The number of ether oxygens (including phenoxy) is 2. The van der Waals surface area contributed by atoms with Crippen LogP contribution in [0.5, 0.6) is 5.75 Å². The van der Waals surface area contributed by atoms with E-state index in [1.165, 1.54) is 0 Å². The summed E-state index contributed by atoms with van der Waals surface area (Å²) in [6.07, 6.45) is 1.44. The standard InChI is InChI=1S/C18H15NO3/c1-21-15-11-12-7-5-6-10-14(12)19-16(15)17(18(19)20)22-13-8-3-2-4-9-13/h2-11,16-17H,1H3/t16-,17-/m1/s1. The van der Waals surface area contributed by atoms with Crippen LogP contribution in [-0.2, 0) is 9.53 Å². The first-order valence-electron chi connectivity index (χ1n) is 7.19. The quantitative estimate of drug-likeness (QED) is 0.817. The molecule has 4 rings (SSSR count). The van der Waals surface area contributed by atoms with Gasteiger partial charge < -0.3 is 9.47 Å².